The Morgan fingerprint density at radius 3 is 2.38 bits per heavy atom. The quantitative estimate of drug-likeness (QED) is 0.302. The number of carbonyl (C=O) groups excluding carboxylic acids is 2. The predicted molar refractivity (Wildman–Crippen MR) is 153 cm³/mol. The lowest BCUT2D eigenvalue weighted by Gasteiger charge is -2.32. The van der Waals surface area contributed by atoms with Crippen molar-refractivity contribution in [2.75, 3.05) is 24.5 Å². The third kappa shape index (κ3) is 7.59. The Balaban J connectivity index is 2.03. The number of sulfonamides is 1. The normalized spacial score (nSPS) is 11.9. The molecule has 10 heteroatoms. The molecule has 3 aromatic carbocycles. The number of hydrogen-bond acceptors (Lipinski definition) is 5. The number of ether oxygens (including phenoxy) is 1. The van der Waals surface area contributed by atoms with E-state index in [2.05, 4.69) is 5.32 Å². The van der Waals surface area contributed by atoms with E-state index in [0.29, 0.717) is 12.3 Å². The number of benzene rings is 3. The second-order valence-corrected chi connectivity index (χ2v) is 11.3. The fourth-order valence-electron chi connectivity index (χ4n) is 4.06. The van der Waals surface area contributed by atoms with Crippen LogP contribution in [0, 0.1) is 12.7 Å². The topological polar surface area (TPSA) is 96.0 Å². The molecule has 0 bridgehead atoms. The maximum absolute atomic E-state index is 14.6. The zero-order chi connectivity index (χ0) is 29.3. The van der Waals surface area contributed by atoms with E-state index in [9.17, 15) is 22.4 Å². The van der Waals surface area contributed by atoms with E-state index < -0.39 is 40.2 Å². The molecule has 0 fully saturated rings. The number of nitrogens with zero attached hydrogens (tertiary/aromatic N) is 2. The van der Waals surface area contributed by atoms with Gasteiger partial charge in [-0.3, -0.25) is 13.9 Å². The van der Waals surface area contributed by atoms with E-state index in [1.165, 1.54) is 48.4 Å². The van der Waals surface area contributed by atoms with Gasteiger partial charge >= 0.3 is 0 Å². The Hall–Kier alpha value is -3.92. The number of rotatable bonds is 13. The Morgan fingerprint density at radius 1 is 1.02 bits per heavy atom. The van der Waals surface area contributed by atoms with E-state index in [4.69, 9.17) is 4.74 Å². The number of anilines is 1. The lowest BCUT2D eigenvalue weighted by Crippen LogP contribution is -2.51. The summed E-state index contributed by atoms with van der Waals surface area (Å²) in [7, 11) is -2.76. The summed E-state index contributed by atoms with van der Waals surface area (Å²) >= 11 is 0. The van der Waals surface area contributed by atoms with Gasteiger partial charge in [-0.25, -0.2) is 12.8 Å². The highest BCUT2D eigenvalue weighted by Crippen LogP contribution is 2.28. The number of amides is 2. The van der Waals surface area contributed by atoms with Gasteiger partial charge in [0.2, 0.25) is 11.8 Å². The fraction of sp³-hybridized carbons (Fsp3) is 0.333. The van der Waals surface area contributed by atoms with Crippen LogP contribution in [0.3, 0.4) is 0 Å². The van der Waals surface area contributed by atoms with Crippen LogP contribution in [0.4, 0.5) is 10.1 Å². The second-order valence-electron chi connectivity index (χ2n) is 9.46. The van der Waals surface area contributed by atoms with Gasteiger partial charge in [0.15, 0.2) is 0 Å². The third-order valence-electron chi connectivity index (χ3n) is 6.52. The summed E-state index contributed by atoms with van der Waals surface area (Å²) in [6.07, 6.45) is 1.64. The molecule has 8 nitrogen and oxygen atoms in total. The monoisotopic (exact) mass is 569 g/mol. The third-order valence-corrected chi connectivity index (χ3v) is 8.31. The molecule has 0 aromatic heterocycles. The number of halogens is 1. The van der Waals surface area contributed by atoms with Crippen molar-refractivity contribution in [2.45, 2.75) is 51.1 Å². The van der Waals surface area contributed by atoms with Crippen LogP contribution in [0.25, 0.3) is 0 Å². The van der Waals surface area contributed by atoms with Crippen molar-refractivity contribution in [3.63, 3.8) is 0 Å². The van der Waals surface area contributed by atoms with Crippen molar-refractivity contribution < 1.29 is 27.1 Å². The Labute approximate surface area is 235 Å². The lowest BCUT2D eigenvalue weighted by molar-refractivity contribution is -0.139. The van der Waals surface area contributed by atoms with E-state index in [1.54, 1.807) is 43.3 Å². The zero-order valence-corrected chi connectivity index (χ0v) is 24.1. The maximum atomic E-state index is 14.6. The molecule has 0 heterocycles. The summed E-state index contributed by atoms with van der Waals surface area (Å²) in [6, 6.07) is 17.6. The maximum Gasteiger partial charge on any atom is 0.264 e. The van der Waals surface area contributed by atoms with Crippen molar-refractivity contribution in [2.24, 2.45) is 0 Å². The van der Waals surface area contributed by atoms with Gasteiger partial charge in [0.25, 0.3) is 10.0 Å². The highest BCUT2D eigenvalue weighted by molar-refractivity contribution is 7.92. The molecule has 40 heavy (non-hydrogen) atoms. The van der Waals surface area contributed by atoms with Crippen molar-refractivity contribution in [3.05, 3.63) is 89.7 Å². The summed E-state index contributed by atoms with van der Waals surface area (Å²) in [4.78, 5) is 28.1. The molecule has 0 aliphatic heterocycles. The Kier molecular flexibility index (Phi) is 10.7. The van der Waals surface area contributed by atoms with Gasteiger partial charge in [-0.2, -0.15) is 0 Å². The summed E-state index contributed by atoms with van der Waals surface area (Å²) in [5.41, 5.74) is 1.29. The minimum Gasteiger partial charge on any atom is -0.497 e. The SMILES string of the molecule is CCCCNC(=O)[C@H](C)N(Cc1ccccc1F)C(=O)CN(c1cccc(OC)c1)S(=O)(=O)c1ccc(C)cc1. The van der Waals surface area contributed by atoms with Crippen LogP contribution in [0.2, 0.25) is 0 Å². The fourth-order valence-corrected chi connectivity index (χ4v) is 5.47. The molecule has 3 aromatic rings. The van der Waals surface area contributed by atoms with E-state index in [-0.39, 0.29) is 22.7 Å². The van der Waals surface area contributed by atoms with E-state index in [1.807, 2.05) is 13.8 Å². The minimum atomic E-state index is -4.21. The molecule has 1 atom stereocenters. The molecule has 0 saturated heterocycles. The van der Waals surface area contributed by atoms with Crippen LogP contribution >= 0.6 is 0 Å². The van der Waals surface area contributed by atoms with Gasteiger partial charge < -0.3 is 15.0 Å². The van der Waals surface area contributed by atoms with E-state index >= 15 is 0 Å². The first-order chi connectivity index (χ1) is 19.1. The van der Waals surface area contributed by atoms with Gasteiger partial charge in [0.1, 0.15) is 24.2 Å². The molecule has 2 amide bonds. The average Bonchev–Trinajstić information content (AvgIpc) is 2.95. The van der Waals surface area contributed by atoms with Crippen LogP contribution in [0.5, 0.6) is 5.75 Å². The number of aryl methyl sites for hydroxylation is 1. The molecular formula is C30H36FN3O5S. The summed E-state index contributed by atoms with van der Waals surface area (Å²) < 4.78 is 48.6. The van der Waals surface area contributed by atoms with Gasteiger partial charge in [-0.05, 0) is 50.6 Å². The Morgan fingerprint density at radius 2 is 1.73 bits per heavy atom. The molecule has 1 N–H and O–H groups in total. The van der Waals surface area contributed by atoms with Crippen molar-refractivity contribution in [1.82, 2.24) is 10.2 Å². The summed E-state index contributed by atoms with van der Waals surface area (Å²) in [5, 5.41) is 2.81. The van der Waals surface area contributed by atoms with Crippen molar-refractivity contribution in [1.29, 1.82) is 0 Å². The Bertz CT molecular complexity index is 1410. The number of nitrogens with one attached hydrogen (secondary N) is 1. The standard InChI is InChI=1S/C30H36FN3O5S/c1-5-6-18-32-30(36)23(3)33(20-24-10-7-8-13-28(24)31)29(35)21-34(25-11-9-12-26(19-25)39-4)40(37,38)27-16-14-22(2)15-17-27/h7-17,19,23H,5-6,18,20-21H2,1-4H3,(H,32,36)/t23-/m0/s1. The number of carbonyl (C=O) groups is 2. The summed E-state index contributed by atoms with van der Waals surface area (Å²) in [5.74, 6) is -1.20. The first kappa shape index (κ1) is 30.6. The molecular weight excluding hydrogens is 533 g/mol. The molecule has 214 valence electrons. The molecule has 0 aliphatic carbocycles. The minimum absolute atomic E-state index is 0.000249. The zero-order valence-electron chi connectivity index (χ0n) is 23.3. The first-order valence-electron chi connectivity index (χ1n) is 13.1. The van der Waals surface area contributed by atoms with Crippen LogP contribution < -0.4 is 14.4 Å². The van der Waals surface area contributed by atoms with Crippen LogP contribution in [-0.4, -0.2) is 51.4 Å². The molecule has 0 aliphatic rings. The van der Waals surface area contributed by atoms with Crippen molar-refractivity contribution >= 4 is 27.5 Å². The van der Waals surface area contributed by atoms with E-state index in [0.717, 1.165) is 22.7 Å². The summed E-state index contributed by atoms with van der Waals surface area (Å²) in [6.45, 7) is 4.97. The molecule has 3 rings (SSSR count). The van der Waals surface area contributed by atoms with Crippen LogP contribution in [0.1, 0.15) is 37.8 Å². The molecule has 0 spiro atoms. The number of unbranched alkanes of at least 4 members (excludes halogenated alkanes) is 1. The first-order valence-corrected chi connectivity index (χ1v) is 14.6. The highest BCUT2D eigenvalue weighted by Gasteiger charge is 2.33. The molecule has 0 unspecified atom stereocenters. The molecule has 0 saturated carbocycles. The van der Waals surface area contributed by atoms with Crippen LogP contribution in [-0.2, 0) is 26.2 Å². The highest BCUT2D eigenvalue weighted by atomic mass is 32.2. The number of methoxy groups -OCH3 is 1. The molecule has 0 radical (unpaired) electrons. The predicted octanol–water partition coefficient (Wildman–Crippen LogP) is 4.67. The van der Waals surface area contributed by atoms with Gasteiger partial charge in [-0.15, -0.1) is 0 Å². The average molecular weight is 570 g/mol. The number of hydrogen-bond donors (Lipinski definition) is 1. The smallest absolute Gasteiger partial charge is 0.264 e. The van der Waals surface area contributed by atoms with Gasteiger partial charge in [-0.1, -0.05) is 55.3 Å². The second kappa shape index (κ2) is 13.9. The van der Waals surface area contributed by atoms with Gasteiger partial charge in [0.05, 0.1) is 17.7 Å². The van der Waals surface area contributed by atoms with Crippen LogP contribution in [0.15, 0.2) is 77.7 Å². The lowest BCUT2D eigenvalue weighted by atomic mass is 10.1. The van der Waals surface area contributed by atoms with Gasteiger partial charge in [0, 0.05) is 24.7 Å². The van der Waals surface area contributed by atoms with Crippen molar-refractivity contribution in [3.8, 4) is 5.75 Å². The largest absolute Gasteiger partial charge is 0.497 e.